The maximum absolute atomic E-state index is 13.0. The molecule has 0 bridgehead atoms. The number of amides is 1. The van der Waals surface area contributed by atoms with Crippen LogP contribution in [0.4, 0.5) is 10.1 Å². The lowest BCUT2D eigenvalue weighted by atomic mass is 9.90. The SMILES string of the molecule is O=C(CN1CCC(Cc2ccc(F)cc2)CC1)Nc1cccc(-c2nn[nH]n2)c1. The van der Waals surface area contributed by atoms with Crippen LogP contribution in [-0.4, -0.2) is 51.1 Å². The highest BCUT2D eigenvalue weighted by Crippen LogP contribution is 2.22. The Hall–Kier alpha value is -3.13. The zero-order chi connectivity index (χ0) is 20.1. The van der Waals surface area contributed by atoms with Gasteiger partial charge in [0.2, 0.25) is 11.7 Å². The zero-order valence-corrected chi connectivity index (χ0v) is 16.0. The molecule has 0 aliphatic carbocycles. The number of carbonyl (C=O) groups is 1. The lowest BCUT2D eigenvalue weighted by Gasteiger charge is -2.31. The molecule has 150 valence electrons. The van der Waals surface area contributed by atoms with Gasteiger partial charge in [-0.1, -0.05) is 24.3 Å². The molecule has 4 rings (SSSR count). The number of anilines is 1. The molecule has 0 unspecified atom stereocenters. The number of carbonyl (C=O) groups excluding carboxylic acids is 1. The van der Waals surface area contributed by atoms with Crippen molar-refractivity contribution in [2.75, 3.05) is 25.0 Å². The first kappa shape index (κ1) is 19.2. The van der Waals surface area contributed by atoms with E-state index in [1.165, 1.54) is 17.7 Å². The summed E-state index contributed by atoms with van der Waals surface area (Å²) >= 11 is 0. The smallest absolute Gasteiger partial charge is 0.238 e. The number of hydrogen-bond donors (Lipinski definition) is 2. The number of tetrazole rings is 1. The molecule has 29 heavy (non-hydrogen) atoms. The molecular formula is C21H23FN6O. The van der Waals surface area contributed by atoms with Gasteiger partial charge < -0.3 is 5.32 Å². The van der Waals surface area contributed by atoms with E-state index >= 15 is 0 Å². The van der Waals surface area contributed by atoms with Crippen molar-refractivity contribution in [3.63, 3.8) is 0 Å². The molecule has 0 radical (unpaired) electrons. The van der Waals surface area contributed by atoms with E-state index in [0.29, 0.717) is 24.0 Å². The van der Waals surface area contributed by atoms with Gasteiger partial charge in [0.1, 0.15) is 5.82 Å². The van der Waals surface area contributed by atoms with Gasteiger partial charge in [-0.3, -0.25) is 9.69 Å². The second-order valence-electron chi connectivity index (χ2n) is 7.41. The predicted molar refractivity (Wildman–Crippen MR) is 108 cm³/mol. The minimum absolute atomic E-state index is 0.0350. The monoisotopic (exact) mass is 394 g/mol. The number of hydrogen-bond acceptors (Lipinski definition) is 5. The average molecular weight is 394 g/mol. The van der Waals surface area contributed by atoms with Gasteiger partial charge in [0.15, 0.2) is 0 Å². The molecule has 0 saturated carbocycles. The van der Waals surface area contributed by atoms with Gasteiger partial charge in [-0.2, -0.15) is 5.21 Å². The minimum Gasteiger partial charge on any atom is -0.325 e. The molecule has 1 fully saturated rings. The molecule has 2 heterocycles. The Morgan fingerprint density at radius 1 is 1.17 bits per heavy atom. The predicted octanol–water partition coefficient (Wildman–Crippen LogP) is 2.90. The van der Waals surface area contributed by atoms with Crippen molar-refractivity contribution in [2.24, 2.45) is 5.92 Å². The first-order valence-corrected chi connectivity index (χ1v) is 9.76. The molecule has 2 aromatic carbocycles. The Morgan fingerprint density at radius 2 is 1.97 bits per heavy atom. The number of H-pyrrole nitrogens is 1. The quantitative estimate of drug-likeness (QED) is 0.671. The van der Waals surface area contributed by atoms with Crippen LogP contribution >= 0.6 is 0 Å². The molecule has 1 amide bonds. The average Bonchev–Trinajstić information content (AvgIpc) is 3.26. The van der Waals surface area contributed by atoms with Crippen molar-refractivity contribution in [3.05, 3.63) is 59.9 Å². The zero-order valence-electron chi connectivity index (χ0n) is 16.0. The summed E-state index contributed by atoms with van der Waals surface area (Å²) in [6.07, 6.45) is 3.04. The first-order chi connectivity index (χ1) is 14.2. The Kier molecular flexibility index (Phi) is 5.90. The van der Waals surface area contributed by atoms with Crippen LogP contribution in [0.5, 0.6) is 0 Å². The maximum Gasteiger partial charge on any atom is 0.238 e. The van der Waals surface area contributed by atoms with E-state index in [2.05, 4.69) is 30.8 Å². The van der Waals surface area contributed by atoms with Crippen LogP contribution in [0.3, 0.4) is 0 Å². The molecule has 1 aromatic heterocycles. The van der Waals surface area contributed by atoms with Crippen molar-refractivity contribution >= 4 is 11.6 Å². The molecule has 7 nitrogen and oxygen atoms in total. The van der Waals surface area contributed by atoms with E-state index in [-0.39, 0.29) is 11.7 Å². The van der Waals surface area contributed by atoms with Gasteiger partial charge in [-0.15, -0.1) is 10.2 Å². The van der Waals surface area contributed by atoms with Crippen LogP contribution in [-0.2, 0) is 11.2 Å². The maximum atomic E-state index is 13.0. The van der Waals surface area contributed by atoms with Crippen molar-refractivity contribution in [2.45, 2.75) is 19.3 Å². The molecular weight excluding hydrogens is 371 g/mol. The number of nitrogens with zero attached hydrogens (tertiary/aromatic N) is 4. The molecule has 3 aromatic rings. The molecule has 0 atom stereocenters. The van der Waals surface area contributed by atoms with Gasteiger partial charge in [-0.25, -0.2) is 4.39 Å². The van der Waals surface area contributed by atoms with Crippen molar-refractivity contribution in [1.82, 2.24) is 25.5 Å². The largest absolute Gasteiger partial charge is 0.325 e. The van der Waals surface area contributed by atoms with Crippen LogP contribution in [0.25, 0.3) is 11.4 Å². The van der Waals surface area contributed by atoms with Crippen LogP contribution in [0.15, 0.2) is 48.5 Å². The van der Waals surface area contributed by atoms with Crippen LogP contribution in [0, 0.1) is 11.7 Å². The van der Waals surface area contributed by atoms with E-state index in [1.54, 1.807) is 0 Å². The van der Waals surface area contributed by atoms with E-state index < -0.39 is 0 Å². The van der Waals surface area contributed by atoms with Gasteiger partial charge in [0.05, 0.1) is 6.54 Å². The summed E-state index contributed by atoms with van der Waals surface area (Å²) < 4.78 is 13.0. The van der Waals surface area contributed by atoms with Crippen LogP contribution in [0.1, 0.15) is 18.4 Å². The second-order valence-corrected chi connectivity index (χ2v) is 7.41. The molecule has 2 N–H and O–H groups in total. The number of halogens is 1. The third kappa shape index (κ3) is 5.23. The fraction of sp³-hybridized carbons (Fsp3) is 0.333. The Bertz CT molecular complexity index is 936. The molecule has 8 heteroatoms. The number of aromatic amines is 1. The molecule has 0 spiro atoms. The summed E-state index contributed by atoms with van der Waals surface area (Å²) in [6, 6.07) is 14.1. The number of piperidine rings is 1. The highest BCUT2D eigenvalue weighted by Gasteiger charge is 2.21. The molecule has 1 aliphatic rings. The number of aromatic nitrogens is 4. The third-order valence-corrected chi connectivity index (χ3v) is 5.26. The standard InChI is InChI=1S/C21H23FN6O/c22-18-6-4-15(5-7-18)12-16-8-10-28(11-9-16)14-20(29)23-19-3-1-2-17(13-19)21-24-26-27-25-21/h1-7,13,16H,8-12,14H2,(H,23,29)(H,24,25,26,27). The number of rotatable bonds is 6. The summed E-state index contributed by atoms with van der Waals surface area (Å²) in [5, 5.41) is 16.8. The van der Waals surface area contributed by atoms with Crippen molar-refractivity contribution in [3.8, 4) is 11.4 Å². The normalized spacial score (nSPS) is 15.3. The lowest BCUT2D eigenvalue weighted by Crippen LogP contribution is -2.39. The number of likely N-dealkylation sites (tertiary alicyclic amines) is 1. The highest BCUT2D eigenvalue weighted by molar-refractivity contribution is 5.92. The van der Waals surface area contributed by atoms with Gasteiger partial charge in [-0.05, 0) is 73.3 Å². The summed E-state index contributed by atoms with van der Waals surface area (Å²) in [7, 11) is 0. The topological polar surface area (TPSA) is 86.8 Å². The van der Waals surface area contributed by atoms with E-state index in [0.717, 1.165) is 37.9 Å². The van der Waals surface area contributed by atoms with Crippen LogP contribution in [0.2, 0.25) is 0 Å². The lowest BCUT2D eigenvalue weighted by molar-refractivity contribution is -0.117. The summed E-state index contributed by atoms with van der Waals surface area (Å²) in [4.78, 5) is 14.6. The molecule has 1 aliphatic heterocycles. The molecule has 1 saturated heterocycles. The minimum atomic E-state index is -0.197. The summed E-state index contributed by atoms with van der Waals surface area (Å²) in [5.74, 6) is 0.834. The van der Waals surface area contributed by atoms with Gasteiger partial charge >= 0.3 is 0 Å². The summed E-state index contributed by atoms with van der Waals surface area (Å²) in [5.41, 5.74) is 2.67. The number of nitrogens with one attached hydrogen (secondary N) is 2. The fourth-order valence-corrected chi connectivity index (χ4v) is 3.73. The second kappa shape index (κ2) is 8.91. The van der Waals surface area contributed by atoms with Gasteiger partial charge in [0, 0.05) is 11.3 Å². The van der Waals surface area contributed by atoms with Gasteiger partial charge in [0.25, 0.3) is 0 Å². The number of benzene rings is 2. The summed E-state index contributed by atoms with van der Waals surface area (Å²) in [6.45, 7) is 2.15. The van der Waals surface area contributed by atoms with E-state index in [1.807, 2.05) is 36.4 Å². The van der Waals surface area contributed by atoms with Crippen molar-refractivity contribution in [1.29, 1.82) is 0 Å². The Balaban J connectivity index is 1.25. The van der Waals surface area contributed by atoms with Crippen LogP contribution < -0.4 is 5.32 Å². The highest BCUT2D eigenvalue weighted by atomic mass is 19.1. The van der Waals surface area contributed by atoms with E-state index in [9.17, 15) is 9.18 Å². The van der Waals surface area contributed by atoms with Crippen molar-refractivity contribution < 1.29 is 9.18 Å². The Morgan fingerprint density at radius 3 is 2.69 bits per heavy atom. The van der Waals surface area contributed by atoms with E-state index in [4.69, 9.17) is 0 Å². The fourth-order valence-electron chi connectivity index (χ4n) is 3.73. The third-order valence-electron chi connectivity index (χ3n) is 5.26. The first-order valence-electron chi connectivity index (χ1n) is 9.76. The Labute approximate surface area is 168 Å².